The zero-order valence-electron chi connectivity index (χ0n) is 11.4. The lowest BCUT2D eigenvalue weighted by atomic mass is 10.1. The van der Waals surface area contributed by atoms with Crippen LogP contribution in [0.25, 0.3) is 0 Å². The van der Waals surface area contributed by atoms with Gasteiger partial charge in [-0.05, 0) is 36.2 Å². The molecule has 0 saturated carbocycles. The molecule has 0 atom stereocenters. The number of hydrogen-bond donors (Lipinski definition) is 1. The second-order valence-corrected chi connectivity index (χ2v) is 5.11. The summed E-state index contributed by atoms with van der Waals surface area (Å²) in [5.41, 5.74) is 8.55. The molecular weight excluding hydrogens is 273 g/mol. The lowest BCUT2D eigenvalue weighted by Gasteiger charge is -2.22. The number of aryl methyl sites for hydroxylation is 1. The van der Waals surface area contributed by atoms with Crippen molar-refractivity contribution in [2.24, 2.45) is 5.73 Å². The smallest absolute Gasteiger partial charge is 0.139 e. The summed E-state index contributed by atoms with van der Waals surface area (Å²) in [6, 6.07) is 8.27. The first-order valence-electron chi connectivity index (χ1n) is 6.20. The number of rotatable bonds is 4. The largest absolute Gasteiger partial charge is 0.389 e. The van der Waals surface area contributed by atoms with E-state index in [9.17, 15) is 4.39 Å². The molecule has 0 spiro atoms. The van der Waals surface area contributed by atoms with Crippen molar-refractivity contribution in [3.05, 3.63) is 59.0 Å². The molecule has 1 heterocycles. The van der Waals surface area contributed by atoms with E-state index in [1.807, 2.05) is 24.9 Å². The molecular formula is C15H16FN3S. The normalized spacial score (nSPS) is 10.3. The van der Waals surface area contributed by atoms with Crippen LogP contribution in [0.5, 0.6) is 0 Å². The maximum Gasteiger partial charge on any atom is 0.139 e. The number of pyridine rings is 1. The van der Waals surface area contributed by atoms with Crippen LogP contribution < -0.4 is 10.6 Å². The van der Waals surface area contributed by atoms with Crippen LogP contribution in [0.3, 0.4) is 0 Å². The Morgan fingerprint density at radius 1 is 1.30 bits per heavy atom. The zero-order valence-corrected chi connectivity index (χ0v) is 12.2. The molecule has 2 aromatic rings. The maximum atomic E-state index is 12.9. The molecule has 0 unspecified atom stereocenters. The van der Waals surface area contributed by atoms with E-state index in [4.69, 9.17) is 18.0 Å². The Morgan fingerprint density at radius 3 is 2.55 bits per heavy atom. The van der Waals surface area contributed by atoms with Gasteiger partial charge in [0.25, 0.3) is 0 Å². The predicted octanol–water partition coefficient (Wildman–Crippen LogP) is 2.80. The summed E-state index contributed by atoms with van der Waals surface area (Å²) < 4.78 is 12.9. The van der Waals surface area contributed by atoms with E-state index >= 15 is 0 Å². The summed E-state index contributed by atoms with van der Waals surface area (Å²) in [6.07, 6.45) is 1.73. The summed E-state index contributed by atoms with van der Waals surface area (Å²) in [6.45, 7) is 2.55. The summed E-state index contributed by atoms with van der Waals surface area (Å²) in [7, 11) is 1.91. The number of thiocarbonyl (C=S) groups is 1. The Bertz CT molecular complexity index is 626. The van der Waals surface area contributed by atoms with E-state index in [2.05, 4.69) is 4.98 Å². The fourth-order valence-electron chi connectivity index (χ4n) is 2.08. The lowest BCUT2D eigenvalue weighted by molar-refractivity contribution is 0.627. The number of halogens is 1. The number of benzene rings is 1. The van der Waals surface area contributed by atoms with Gasteiger partial charge in [0.2, 0.25) is 0 Å². The number of aromatic nitrogens is 1. The second kappa shape index (κ2) is 5.96. The van der Waals surface area contributed by atoms with E-state index in [1.54, 1.807) is 18.3 Å². The van der Waals surface area contributed by atoms with Gasteiger partial charge in [-0.25, -0.2) is 9.37 Å². The van der Waals surface area contributed by atoms with Crippen molar-refractivity contribution < 1.29 is 4.39 Å². The molecule has 0 saturated heterocycles. The summed E-state index contributed by atoms with van der Waals surface area (Å²) >= 11 is 5.10. The van der Waals surface area contributed by atoms with E-state index in [-0.39, 0.29) is 5.82 Å². The summed E-state index contributed by atoms with van der Waals surface area (Å²) in [4.78, 5) is 6.64. The second-order valence-electron chi connectivity index (χ2n) is 4.67. The average molecular weight is 289 g/mol. The summed E-state index contributed by atoms with van der Waals surface area (Å²) in [5, 5.41) is 0. The van der Waals surface area contributed by atoms with E-state index in [0.717, 1.165) is 22.5 Å². The molecule has 0 aliphatic heterocycles. The van der Waals surface area contributed by atoms with Crippen molar-refractivity contribution >= 4 is 23.0 Å². The highest BCUT2D eigenvalue weighted by molar-refractivity contribution is 7.80. The third-order valence-electron chi connectivity index (χ3n) is 3.08. The predicted molar refractivity (Wildman–Crippen MR) is 83.4 cm³/mol. The van der Waals surface area contributed by atoms with Gasteiger partial charge in [0, 0.05) is 19.8 Å². The van der Waals surface area contributed by atoms with Gasteiger partial charge < -0.3 is 10.6 Å². The summed E-state index contributed by atoms with van der Waals surface area (Å²) in [5.74, 6) is 0.496. The molecule has 0 fully saturated rings. The Morgan fingerprint density at radius 2 is 1.95 bits per heavy atom. The molecule has 0 bridgehead atoms. The molecule has 2 rings (SSSR count). The Labute approximate surface area is 123 Å². The van der Waals surface area contributed by atoms with Crippen LogP contribution in [0.2, 0.25) is 0 Å². The third-order valence-corrected chi connectivity index (χ3v) is 3.28. The third kappa shape index (κ3) is 3.11. The molecule has 20 heavy (non-hydrogen) atoms. The minimum atomic E-state index is -0.242. The van der Waals surface area contributed by atoms with Crippen LogP contribution in [-0.4, -0.2) is 17.0 Å². The van der Waals surface area contributed by atoms with Crippen LogP contribution in [-0.2, 0) is 6.54 Å². The number of hydrogen-bond acceptors (Lipinski definition) is 3. The van der Waals surface area contributed by atoms with Crippen LogP contribution in [0.1, 0.15) is 16.7 Å². The fourth-order valence-corrected chi connectivity index (χ4v) is 2.33. The Hall–Kier alpha value is -2.01. The van der Waals surface area contributed by atoms with Gasteiger partial charge in [-0.3, -0.25) is 0 Å². The minimum Gasteiger partial charge on any atom is -0.389 e. The van der Waals surface area contributed by atoms with E-state index < -0.39 is 0 Å². The number of anilines is 1. The van der Waals surface area contributed by atoms with Gasteiger partial charge in [0.1, 0.15) is 16.6 Å². The van der Waals surface area contributed by atoms with Gasteiger partial charge in [-0.15, -0.1) is 0 Å². The van der Waals surface area contributed by atoms with Crippen molar-refractivity contribution in [3.63, 3.8) is 0 Å². The first kappa shape index (κ1) is 14.4. The molecule has 5 heteroatoms. The first-order chi connectivity index (χ1) is 9.49. The molecule has 3 nitrogen and oxygen atoms in total. The van der Waals surface area contributed by atoms with Crippen molar-refractivity contribution in [3.8, 4) is 0 Å². The van der Waals surface area contributed by atoms with Crippen LogP contribution >= 0.6 is 12.2 Å². The van der Waals surface area contributed by atoms with Crippen molar-refractivity contribution in [1.29, 1.82) is 0 Å². The molecule has 104 valence electrons. The highest BCUT2D eigenvalue weighted by atomic mass is 32.1. The highest BCUT2D eigenvalue weighted by Gasteiger charge is 2.14. The number of nitrogens with zero attached hydrogens (tertiary/aromatic N) is 2. The molecule has 2 N–H and O–H groups in total. The van der Waals surface area contributed by atoms with Gasteiger partial charge >= 0.3 is 0 Å². The fraction of sp³-hybridized carbons (Fsp3) is 0.200. The lowest BCUT2D eigenvalue weighted by Crippen LogP contribution is -2.23. The van der Waals surface area contributed by atoms with E-state index in [1.165, 1.54) is 12.1 Å². The molecule has 0 aliphatic carbocycles. The van der Waals surface area contributed by atoms with Crippen molar-refractivity contribution in [2.45, 2.75) is 13.5 Å². The molecule has 0 radical (unpaired) electrons. The van der Waals surface area contributed by atoms with Crippen LogP contribution in [0, 0.1) is 12.7 Å². The maximum absolute atomic E-state index is 12.9. The SMILES string of the molecule is Cc1ccnc(N(C)Cc2ccc(F)cc2)c1C(N)=S. The molecule has 0 amide bonds. The Kier molecular flexibility index (Phi) is 4.29. The molecule has 1 aromatic carbocycles. The quantitative estimate of drug-likeness (QED) is 0.879. The van der Waals surface area contributed by atoms with E-state index in [0.29, 0.717) is 11.5 Å². The van der Waals surface area contributed by atoms with Crippen molar-refractivity contribution in [2.75, 3.05) is 11.9 Å². The van der Waals surface area contributed by atoms with Gasteiger partial charge in [-0.2, -0.15) is 0 Å². The van der Waals surface area contributed by atoms with Crippen LogP contribution in [0.4, 0.5) is 10.2 Å². The number of nitrogens with two attached hydrogens (primary N) is 1. The van der Waals surface area contributed by atoms with Crippen molar-refractivity contribution in [1.82, 2.24) is 4.98 Å². The molecule has 1 aromatic heterocycles. The average Bonchev–Trinajstić information content (AvgIpc) is 2.40. The Balaban J connectivity index is 2.29. The first-order valence-corrected chi connectivity index (χ1v) is 6.61. The standard InChI is InChI=1S/C15H16FN3S/c1-10-7-8-18-15(13(10)14(17)20)19(2)9-11-3-5-12(16)6-4-11/h3-8H,9H2,1-2H3,(H2,17,20). The minimum absolute atomic E-state index is 0.242. The topological polar surface area (TPSA) is 42.2 Å². The van der Waals surface area contributed by atoms with Crippen LogP contribution in [0.15, 0.2) is 36.5 Å². The molecule has 0 aliphatic rings. The zero-order chi connectivity index (χ0) is 14.7. The highest BCUT2D eigenvalue weighted by Crippen LogP contribution is 2.21. The van der Waals surface area contributed by atoms with Gasteiger partial charge in [-0.1, -0.05) is 24.4 Å². The van der Waals surface area contributed by atoms with Gasteiger partial charge in [0.15, 0.2) is 0 Å². The van der Waals surface area contributed by atoms with Gasteiger partial charge in [0.05, 0.1) is 5.56 Å². The monoisotopic (exact) mass is 289 g/mol.